The summed E-state index contributed by atoms with van der Waals surface area (Å²) < 4.78 is 10.8. The third kappa shape index (κ3) is 4.11. The zero-order valence-corrected chi connectivity index (χ0v) is 15.1. The number of hydrogen-bond acceptors (Lipinski definition) is 5. The Morgan fingerprint density at radius 1 is 1.04 bits per heavy atom. The molecule has 4 rings (SSSR count). The number of fused-ring (bicyclic) bond motifs is 2. The molecule has 0 spiro atoms. The van der Waals surface area contributed by atoms with Crippen LogP contribution in [0.25, 0.3) is 0 Å². The summed E-state index contributed by atoms with van der Waals surface area (Å²) in [5, 5.41) is 6.65. The lowest BCUT2D eigenvalue weighted by molar-refractivity contribution is -0.131. The van der Waals surface area contributed by atoms with Gasteiger partial charge in [-0.15, -0.1) is 0 Å². The molecule has 0 aromatic heterocycles. The summed E-state index contributed by atoms with van der Waals surface area (Å²) in [6, 6.07) is 15.0. The minimum atomic E-state index is -0.381. The van der Waals surface area contributed by atoms with Crippen molar-refractivity contribution in [1.82, 2.24) is 10.6 Å². The van der Waals surface area contributed by atoms with Gasteiger partial charge in [0.15, 0.2) is 0 Å². The second kappa shape index (κ2) is 7.40. The lowest BCUT2D eigenvalue weighted by Crippen LogP contribution is -2.42. The Morgan fingerprint density at radius 2 is 1.81 bits per heavy atom. The number of esters is 1. The molecule has 2 aliphatic rings. The van der Waals surface area contributed by atoms with Crippen LogP contribution in [-0.2, 0) is 4.79 Å². The van der Waals surface area contributed by atoms with Gasteiger partial charge >= 0.3 is 5.97 Å². The predicted molar refractivity (Wildman–Crippen MR) is 100 cm³/mol. The lowest BCUT2D eigenvalue weighted by atomic mass is 9.95. The second-order valence-corrected chi connectivity index (χ2v) is 7.06. The van der Waals surface area contributed by atoms with Crippen molar-refractivity contribution in [2.24, 2.45) is 0 Å². The fourth-order valence-corrected chi connectivity index (χ4v) is 3.81. The zero-order valence-electron chi connectivity index (χ0n) is 15.1. The van der Waals surface area contributed by atoms with Gasteiger partial charge < -0.3 is 20.1 Å². The van der Waals surface area contributed by atoms with Gasteiger partial charge in [0.25, 0.3) is 5.91 Å². The van der Waals surface area contributed by atoms with Crippen molar-refractivity contribution >= 4 is 11.9 Å². The van der Waals surface area contributed by atoms with Crippen LogP contribution in [0.2, 0.25) is 0 Å². The van der Waals surface area contributed by atoms with Crippen LogP contribution in [-0.4, -0.2) is 30.0 Å². The monoisotopic (exact) mass is 366 g/mol. The van der Waals surface area contributed by atoms with Gasteiger partial charge in [0.05, 0.1) is 0 Å². The molecular weight excluding hydrogens is 344 g/mol. The number of rotatable bonds is 5. The molecule has 27 heavy (non-hydrogen) atoms. The van der Waals surface area contributed by atoms with Crippen LogP contribution in [0, 0.1) is 0 Å². The summed E-state index contributed by atoms with van der Waals surface area (Å²) in [4.78, 5) is 23.5. The van der Waals surface area contributed by atoms with Crippen molar-refractivity contribution in [1.29, 1.82) is 0 Å². The normalized spacial score (nSPS) is 23.1. The maximum atomic E-state index is 12.5. The molecule has 140 valence electrons. The summed E-state index contributed by atoms with van der Waals surface area (Å²) in [5.41, 5.74) is 0.610. The van der Waals surface area contributed by atoms with E-state index in [0.29, 0.717) is 34.9 Å². The molecule has 0 unspecified atom stereocenters. The van der Waals surface area contributed by atoms with Gasteiger partial charge in [0.2, 0.25) is 0 Å². The van der Waals surface area contributed by atoms with Crippen LogP contribution < -0.4 is 20.1 Å². The second-order valence-electron chi connectivity index (χ2n) is 7.06. The molecule has 2 heterocycles. The fraction of sp³-hybridized carbons (Fsp3) is 0.333. The fourth-order valence-electron chi connectivity index (χ4n) is 3.81. The van der Waals surface area contributed by atoms with E-state index in [1.807, 2.05) is 0 Å². The number of benzene rings is 2. The molecule has 6 heteroatoms. The minimum absolute atomic E-state index is 0.0576. The van der Waals surface area contributed by atoms with Crippen LogP contribution in [0.3, 0.4) is 0 Å². The molecule has 0 saturated carbocycles. The molecule has 2 bridgehead atoms. The Hall–Kier alpha value is -2.86. The molecule has 2 aromatic rings. The first-order valence-electron chi connectivity index (χ1n) is 9.20. The SMILES string of the molecule is CC(=O)Oc1cccc(Oc2ccc(C(=O)N[C@@H]3C[C@H]4CC[C@@H]3N4)cc2)c1. The van der Waals surface area contributed by atoms with E-state index in [-0.39, 0.29) is 17.9 Å². The van der Waals surface area contributed by atoms with Crippen molar-refractivity contribution in [3.8, 4) is 17.2 Å². The summed E-state index contributed by atoms with van der Waals surface area (Å²) in [6.07, 6.45) is 3.35. The van der Waals surface area contributed by atoms with Crippen LogP contribution in [0.15, 0.2) is 48.5 Å². The molecule has 3 atom stereocenters. The summed E-state index contributed by atoms with van der Waals surface area (Å²) in [5.74, 6) is 1.15. The highest BCUT2D eigenvalue weighted by atomic mass is 16.5. The molecule has 1 amide bonds. The van der Waals surface area contributed by atoms with Gasteiger partial charge in [-0.05, 0) is 55.7 Å². The van der Waals surface area contributed by atoms with E-state index < -0.39 is 0 Å². The summed E-state index contributed by atoms with van der Waals surface area (Å²) in [6.45, 7) is 1.35. The maximum absolute atomic E-state index is 12.5. The first-order chi connectivity index (χ1) is 13.1. The molecule has 2 N–H and O–H groups in total. The molecule has 2 fully saturated rings. The molecule has 2 aliphatic heterocycles. The van der Waals surface area contributed by atoms with Gasteiger partial charge in [-0.3, -0.25) is 9.59 Å². The average Bonchev–Trinajstić information content (AvgIpc) is 3.25. The number of carbonyl (C=O) groups excluding carboxylic acids is 2. The number of ether oxygens (including phenoxy) is 2. The molecule has 2 aromatic carbocycles. The van der Waals surface area contributed by atoms with Crippen molar-refractivity contribution in [2.45, 2.75) is 44.3 Å². The Labute approximate surface area is 157 Å². The Balaban J connectivity index is 1.37. The highest BCUT2D eigenvalue weighted by Gasteiger charge is 2.39. The zero-order chi connectivity index (χ0) is 18.8. The molecular formula is C21H22N2O4. The molecule has 0 radical (unpaired) electrons. The number of carbonyl (C=O) groups is 2. The van der Waals surface area contributed by atoms with Crippen molar-refractivity contribution in [3.05, 3.63) is 54.1 Å². The van der Waals surface area contributed by atoms with E-state index >= 15 is 0 Å². The highest BCUT2D eigenvalue weighted by Crippen LogP contribution is 2.29. The molecule has 0 aliphatic carbocycles. The maximum Gasteiger partial charge on any atom is 0.308 e. The third-order valence-corrected chi connectivity index (χ3v) is 5.04. The van der Waals surface area contributed by atoms with Gasteiger partial charge in [-0.2, -0.15) is 0 Å². The highest BCUT2D eigenvalue weighted by molar-refractivity contribution is 5.94. The van der Waals surface area contributed by atoms with E-state index in [1.165, 1.54) is 13.3 Å². The topological polar surface area (TPSA) is 76.7 Å². The van der Waals surface area contributed by atoms with Crippen LogP contribution >= 0.6 is 0 Å². The van der Waals surface area contributed by atoms with Crippen molar-refractivity contribution in [2.75, 3.05) is 0 Å². The van der Waals surface area contributed by atoms with E-state index in [9.17, 15) is 9.59 Å². The van der Waals surface area contributed by atoms with E-state index in [4.69, 9.17) is 9.47 Å². The van der Waals surface area contributed by atoms with Gasteiger partial charge in [0, 0.05) is 36.7 Å². The largest absolute Gasteiger partial charge is 0.457 e. The lowest BCUT2D eigenvalue weighted by Gasteiger charge is -2.21. The van der Waals surface area contributed by atoms with E-state index in [2.05, 4.69) is 10.6 Å². The Bertz CT molecular complexity index is 850. The smallest absolute Gasteiger partial charge is 0.308 e. The first kappa shape index (κ1) is 17.5. The number of hydrogen-bond donors (Lipinski definition) is 2. The van der Waals surface area contributed by atoms with Gasteiger partial charge in [-0.1, -0.05) is 6.07 Å². The average molecular weight is 366 g/mol. The quantitative estimate of drug-likeness (QED) is 0.628. The minimum Gasteiger partial charge on any atom is -0.457 e. The van der Waals surface area contributed by atoms with E-state index in [0.717, 1.165) is 12.8 Å². The first-order valence-corrected chi connectivity index (χ1v) is 9.20. The Kier molecular flexibility index (Phi) is 4.81. The van der Waals surface area contributed by atoms with Crippen LogP contribution in [0.5, 0.6) is 17.2 Å². The molecule has 2 saturated heterocycles. The molecule has 6 nitrogen and oxygen atoms in total. The van der Waals surface area contributed by atoms with Crippen molar-refractivity contribution < 1.29 is 19.1 Å². The number of amides is 1. The van der Waals surface area contributed by atoms with Gasteiger partial charge in [0.1, 0.15) is 17.2 Å². The third-order valence-electron chi connectivity index (χ3n) is 5.04. The standard InChI is InChI=1S/C21H22N2O4/c1-13(24)26-17-3-2-4-18(12-17)27-16-8-5-14(6-9-16)21(25)23-20-11-15-7-10-19(20)22-15/h2-6,8-9,12,15,19-20,22H,7,10-11H2,1H3,(H,23,25)/t15-,19+,20-/m1/s1. The number of nitrogens with one attached hydrogen (secondary N) is 2. The summed E-state index contributed by atoms with van der Waals surface area (Å²) in [7, 11) is 0. The Morgan fingerprint density at radius 3 is 2.48 bits per heavy atom. The predicted octanol–water partition coefficient (Wildman–Crippen LogP) is 3.03. The van der Waals surface area contributed by atoms with E-state index in [1.54, 1.807) is 48.5 Å². The van der Waals surface area contributed by atoms with Crippen LogP contribution in [0.4, 0.5) is 0 Å². The van der Waals surface area contributed by atoms with Crippen molar-refractivity contribution in [3.63, 3.8) is 0 Å². The van der Waals surface area contributed by atoms with Crippen LogP contribution in [0.1, 0.15) is 36.5 Å². The van der Waals surface area contributed by atoms with Gasteiger partial charge in [-0.25, -0.2) is 0 Å². The summed E-state index contributed by atoms with van der Waals surface area (Å²) >= 11 is 0.